The summed E-state index contributed by atoms with van der Waals surface area (Å²) in [5.41, 5.74) is 4.78. The molecule has 3 aliphatic carbocycles. The van der Waals surface area contributed by atoms with Crippen molar-refractivity contribution in [2.75, 3.05) is 0 Å². The van der Waals surface area contributed by atoms with Crippen LogP contribution in [0.5, 0.6) is 0 Å². The molecule has 2 N–H and O–H groups in total. The molecule has 0 aliphatic heterocycles. The van der Waals surface area contributed by atoms with Crippen molar-refractivity contribution in [2.45, 2.75) is 85.0 Å². The molecule has 3 rings (SSSR count). The van der Waals surface area contributed by atoms with Crippen LogP contribution in [0.2, 0.25) is 0 Å². The van der Waals surface area contributed by atoms with Crippen LogP contribution < -0.4 is 5.48 Å². The van der Waals surface area contributed by atoms with Gasteiger partial charge in [0, 0.05) is 0 Å². The van der Waals surface area contributed by atoms with Gasteiger partial charge in [-0.25, -0.2) is 5.48 Å². The Hall–Kier alpha value is -1.61. The van der Waals surface area contributed by atoms with Crippen molar-refractivity contribution in [1.29, 1.82) is 0 Å². The summed E-state index contributed by atoms with van der Waals surface area (Å²) in [6.45, 7) is 7.21. The fourth-order valence-electron chi connectivity index (χ4n) is 5.58. The lowest BCUT2D eigenvalue weighted by atomic mass is 9.68. The van der Waals surface area contributed by atoms with E-state index in [-0.39, 0.29) is 17.7 Å². The summed E-state index contributed by atoms with van der Waals surface area (Å²) in [7, 11) is 0. The van der Waals surface area contributed by atoms with Crippen LogP contribution in [0.4, 0.5) is 0 Å². The Labute approximate surface area is 177 Å². The van der Waals surface area contributed by atoms with Crippen LogP contribution in [0, 0.1) is 22.7 Å². The Morgan fingerprint density at radius 3 is 2.45 bits per heavy atom. The molecule has 0 bridgehead atoms. The summed E-state index contributed by atoms with van der Waals surface area (Å²) in [4.78, 5) is 11.3. The maximum Gasteiger partial charge on any atom is 0.247 e. The van der Waals surface area contributed by atoms with Crippen molar-refractivity contribution >= 4 is 5.91 Å². The number of hydrogen-bond donors (Lipinski definition) is 2. The van der Waals surface area contributed by atoms with Gasteiger partial charge in [0.2, 0.25) is 5.91 Å². The molecule has 0 aromatic heterocycles. The van der Waals surface area contributed by atoms with Crippen molar-refractivity contribution in [3.8, 4) is 0 Å². The molecule has 0 saturated heterocycles. The van der Waals surface area contributed by atoms with Gasteiger partial charge < -0.3 is 0 Å². The van der Waals surface area contributed by atoms with Crippen LogP contribution in [-0.2, 0) is 4.79 Å². The first-order valence-electron chi connectivity index (χ1n) is 11.5. The third-order valence-corrected chi connectivity index (χ3v) is 7.67. The monoisotopic (exact) mass is 397 g/mol. The zero-order chi connectivity index (χ0) is 20.9. The molecule has 0 radical (unpaired) electrons. The smallest absolute Gasteiger partial charge is 0.247 e. The molecule has 1 fully saturated rings. The lowest BCUT2D eigenvalue weighted by molar-refractivity contribution is -0.128. The van der Waals surface area contributed by atoms with Gasteiger partial charge in [0.15, 0.2) is 0 Å². The summed E-state index contributed by atoms with van der Waals surface area (Å²) < 4.78 is 0. The van der Waals surface area contributed by atoms with Crippen LogP contribution in [0.15, 0.2) is 47.6 Å². The summed E-state index contributed by atoms with van der Waals surface area (Å²) in [6.07, 6.45) is 25.4. The van der Waals surface area contributed by atoms with E-state index < -0.39 is 0 Å². The van der Waals surface area contributed by atoms with Gasteiger partial charge in [-0.2, -0.15) is 0 Å². The number of hydrogen-bond acceptors (Lipinski definition) is 2. The first kappa shape index (κ1) is 22.1. The molecule has 3 aliphatic rings. The molecule has 0 spiro atoms. The van der Waals surface area contributed by atoms with Crippen LogP contribution in [0.3, 0.4) is 0 Å². The highest BCUT2D eigenvalue weighted by atomic mass is 16.5. The topological polar surface area (TPSA) is 49.3 Å². The lowest BCUT2D eigenvalue weighted by Crippen LogP contribution is -2.28. The molecule has 29 heavy (non-hydrogen) atoms. The van der Waals surface area contributed by atoms with Crippen molar-refractivity contribution in [1.82, 2.24) is 5.48 Å². The second kappa shape index (κ2) is 9.47. The van der Waals surface area contributed by atoms with E-state index >= 15 is 0 Å². The van der Waals surface area contributed by atoms with Crippen molar-refractivity contribution in [3.63, 3.8) is 0 Å². The van der Waals surface area contributed by atoms with Crippen LogP contribution in [0.1, 0.15) is 85.0 Å². The molecule has 0 heterocycles. The van der Waals surface area contributed by atoms with Gasteiger partial charge in [0.25, 0.3) is 0 Å². The molecule has 4 atom stereocenters. The average molecular weight is 398 g/mol. The largest absolute Gasteiger partial charge is 0.289 e. The van der Waals surface area contributed by atoms with E-state index in [0.29, 0.717) is 5.41 Å². The molecule has 3 heteroatoms. The molecule has 0 aromatic carbocycles. The molecule has 4 unspecified atom stereocenters. The highest BCUT2D eigenvalue weighted by molar-refractivity contribution is 5.78. The number of nitrogens with one attached hydrogen (secondary N) is 1. The second-order valence-corrected chi connectivity index (χ2v) is 10.2. The summed E-state index contributed by atoms with van der Waals surface area (Å²) >= 11 is 0. The predicted molar refractivity (Wildman–Crippen MR) is 119 cm³/mol. The zero-order valence-corrected chi connectivity index (χ0v) is 18.5. The predicted octanol–water partition coefficient (Wildman–Crippen LogP) is 6.66. The zero-order valence-electron chi connectivity index (χ0n) is 18.5. The standard InChI is InChI=1S/C26H39NO2/c1-20-7-6-9-23(20)26(3)17-12-21(13-18-26)8-4-5-14-25(2)15-10-22(11-16-25)19-24(28)27-29/h10-13,15,17,20,23,29H,4-9,14,16,18-19H2,1-3H3,(H,27,28). The number of hydroxylamine groups is 1. The molecule has 3 nitrogen and oxygen atoms in total. The second-order valence-electron chi connectivity index (χ2n) is 10.2. The fraction of sp³-hybridized carbons (Fsp3) is 0.654. The van der Waals surface area contributed by atoms with Crippen LogP contribution >= 0.6 is 0 Å². The highest BCUT2D eigenvalue weighted by Gasteiger charge is 2.38. The molecule has 160 valence electrons. The molecule has 1 amide bonds. The van der Waals surface area contributed by atoms with E-state index in [1.54, 1.807) is 5.48 Å². The van der Waals surface area contributed by atoms with Gasteiger partial charge in [0.1, 0.15) is 0 Å². The highest BCUT2D eigenvalue weighted by Crippen LogP contribution is 2.48. The van der Waals surface area contributed by atoms with Crippen molar-refractivity contribution in [3.05, 3.63) is 47.6 Å². The third-order valence-electron chi connectivity index (χ3n) is 7.67. The number of rotatable bonds is 8. The SMILES string of the molecule is CC1CCCC1C1(C)C=CC(CCCCC2(C)C=CC(CC(=O)NO)=CC2)=CC1. The molecule has 1 saturated carbocycles. The quantitative estimate of drug-likeness (QED) is 0.273. The van der Waals surface area contributed by atoms with E-state index in [2.05, 4.69) is 57.2 Å². The van der Waals surface area contributed by atoms with Gasteiger partial charge in [-0.05, 0) is 66.8 Å². The minimum absolute atomic E-state index is 0.188. The Morgan fingerprint density at radius 1 is 1.10 bits per heavy atom. The summed E-state index contributed by atoms with van der Waals surface area (Å²) in [5, 5.41) is 8.65. The van der Waals surface area contributed by atoms with Crippen molar-refractivity contribution < 1.29 is 10.0 Å². The average Bonchev–Trinajstić information content (AvgIpc) is 3.15. The number of allylic oxidation sites excluding steroid dienone is 7. The number of amides is 1. The Balaban J connectivity index is 1.39. The Morgan fingerprint density at radius 2 is 1.86 bits per heavy atom. The molecular formula is C26H39NO2. The normalized spacial score (nSPS) is 34.1. The minimum Gasteiger partial charge on any atom is -0.289 e. The summed E-state index contributed by atoms with van der Waals surface area (Å²) in [6, 6.07) is 0. The van der Waals surface area contributed by atoms with Gasteiger partial charge in [-0.1, -0.05) is 82.1 Å². The van der Waals surface area contributed by atoms with E-state index in [0.717, 1.165) is 23.8 Å². The maximum absolute atomic E-state index is 11.3. The van der Waals surface area contributed by atoms with Gasteiger partial charge in [-0.3, -0.25) is 10.0 Å². The minimum atomic E-state index is -0.350. The van der Waals surface area contributed by atoms with Gasteiger partial charge in [0.05, 0.1) is 6.42 Å². The van der Waals surface area contributed by atoms with E-state index in [9.17, 15) is 4.79 Å². The van der Waals surface area contributed by atoms with Crippen LogP contribution in [0.25, 0.3) is 0 Å². The van der Waals surface area contributed by atoms with Gasteiger partial charge in [-0.15, -0.1) is 0 Å². The molecular weight excluding hydrogens is 358 g/mol. The van der Waals surface area contributed by atoms with E-state index in [1.807, 2.05) is 0 Å². The van der Waals surface area contributed by atoms with E-state index in [4.69, 9.17) is 5.21 Å². The first-order chi connectivity index (χ1) is 13.8. The number of carbonyl (C=O) groups excluding carboxylic acids is 1. The third kappa shape index (κ3) is 5.72. The Bertz CT molecular complexity index is 716. The maximum atomic E-state index is 11.3. The van der Waals surface area contributed by atoms with Crippen molar-refractivity contribution in [2.24, 2.45) is 22.7 Å². The molecule has 0 aromatic rings. The van der Waals surface area contributed by atoms with Crippen LogP contribution in [-0.4, -0.2) is 11.1 Å². The fourth-order valence-corrected chi connectivity index (χ4v) is 5.58. The lowest BCUT2D eigenvalue weighted by Gasteiger charge is -2.37. The summed E-state index contributed by atoms with van der Waals surface area (Å²) in [5.74, 6) is 1.38. The first-order valence-corrected chi connectivity index (χ1v) is 11.5. The van der Waals surface area contributed by atoms with Gasteiger partial charge >= 0.3 is 0 Å². The number of unbranched alkanes of at least 4 members (excludes halogenated alkanes) is 1. The Kier molecular flexibility index (Phi) is 7.21. The van der Waals surface area contributed by atoms with E-state index in [1.165, 1.54) is 56.9 Å². The number of carbonyl (C=O) groups is 1.